The number of rotatable bonds is 15. The Balaban J connectivity index is 2.63. The van der Waals surface area contributed by atoms with E-state index in [9.17, 15) is 19.5 Å². The van der Waals surface area contributed by atoms with E-state index in [0.29, 0.717) is 30.7 Å². The molecule has 0 bridgehead atoms. The first-order valence-corrected chi connectivity index (χ1v) is 11.6. The van der Waals surface area contributed by atoms with E-state index < -0.39 is 6.04 Å². The number of hydrogen-bond donors (Lipinski definition) is 2. The molecule has 1 aromatic carbocycles. The molecule has 188 valence electrons. The Morgan fingerprint density at radius 2 is 2.09 bits per heavy atom. The lowest BCUT2D eigenvalue weighted by Gasteiger charge is -2.27. The molecule has 1 rings (SSSR count). The Morgan fingerprint density at radius 1 is 1.31 bits per heavy atom. The zero-order chi connectivity index (χ0) is 26.1. The fourth-order valence-electron chi connectivity index (χ4n) is 3.36. The quantitative estimate of drug-likeness (QED) is 0.131. The van der Waals surface area contributed by atoms with Crippen LogP contribution in [0.25, 0.3) is 0 Å². The number of allylic oxidation sites excluding steroid dienone is 4. The number of nitrogens with zero attached hydrogens (tertiary/aromatic N) is 1. The van der Waals surface area contributed by atoms with Gasteiger partial charge in [-0.15, -0.1) is 0 Å². The second kappa shape index (κ2) is 17.0. The Hall–Kier alpha value is -3.47. The normalized spacial score (nSPS) is 12.2. The molecule has 0 aliphatic heterocycles. The van der Waals surface area contributed by atoms with Crippen molar-refractivity contribution in [3.05, 3.63) is 71.0 Å². The summed E-state index contributed by atoms with van der Waals surface area (Å²) in [5.41, 5.74) is 3.07. The van der Waals surface area contributed by atoms with Crippen LogP contribution in [0, 0.1) is 11.8 Å². The molecule has 7 heteroatoms. The Labute approximate surface area is 208 Å². The maximum absolute atomic E-state index is 12.2. The molecule has 0 aliphatic rings. The number of amides is 1. The second-order valence-electron chi connectivity index (χ2n) is 7.97. The van der Waals surface area contributed by atoms with Gasteiger partial charge < -0.3 is 20.0 Å². The third kappa shape index (κ3) is 11.5. The summed E-state index contributed by atoms with van der Waals surface area (Å²) in [4.78, 5) is 36.4. The van der Waals surface area contributed by atoms with E-state index in [2.05, 4.69) is 23.7 Å². The van der Waals surface area contributed by atoms with Crippen LogP contribution in [0.5, 0.6) is 0 Å². The highest BCUT2D eigenvalue weighted by Gasteiger charge is 2.22. The average molecular weight is 481 g/mol. The maximum Gasteiger partial charge on any atom is 0.237 e. The molecule has 0 spiro atoms. The standard InChI is InChI=1S/C28H36N2O5/c1-5-26(33)15-12-22(2)9-7-17-35-18-8-10-23-13-14-24(21-32)25(19-23)20-30(4)27(11-6-16-31)28(34)29-3/h5,12-16,19,21,27,33H,2,6,8,10-11,17-18,20H2,1,3-4H3,(H,29,34)/b15-12-,26-5+. The molecule has 1 unspecified atom stereocenters. The van der Waals surface area contributed by atoms with Crippen molar-refractivity contribution in [1.82, 2.24) is 10.2 Å². The van der Waals surface area contributed by atoms with Gasteiger partial charge >= 0.3 is 0 Å². The van der Waals surface area contributed by atoms with E-state index in [1.54, 1.807) is 32.2 Å². The summed E-state index contributed by atoms with van der Waals surface area (Å²) in [6, 6.07) is 5.25. The molecule has 1 amide bonds. The third-order valence-corrected chi connectivity index (χ3v) is 5.32. The Bertz CT molecular complexity index is 985. The molecule has 0 radical (unpaired) electrons. The summed E-state index contributed by atoms with van der Waals surface area (Å²) >= 11 is 0. The van der Waals surface area contributed by atoms with E-state index in [1.165, 1.54) is 6.08 Å². The lowest BCUT2D eigenvalue weighted by atomic mass is 10.0. The lowest BCUT2D eigenvalue weighted by Crippen LogP contribution is -2.43. The number of ether oxygens (including phenoxy) is 1. The van der Waals surface area contributed by atoms with Crippen LogP contribution in [0.4, 0.5) is 0 Å². The number of carbonyl (C=O) groups excluding carboxylic acids is 3. The molecular formula is C28H36N2O5. The number of carbonyl (C=O) groups is 3. The third-order valence-electron chi connectivity index (χ3n) is 5.32. The molecule has 0 aromatic heterocycles. The number of likely N-dealkylation sites (N-methyl/N-ethyl adjacent to an activating group) is 2. The van der Waals surface area contributed by atoms with Gasteiger partial charge in [0.2, 0.25) is 5.91 Å². The average Bonchev–Trinajstić information content (AvgIpc) is 2.86. The molecule has 2 N–H and O–H groups in total. The van der Waals surface area contributed by atoms with E-state index in [1.807, 2.05) is 24.1 Å². The Morgan fingerprint density at radius 3 is 2.74 bits per heavy atom. The molecule has 0 heterocycles. The van der Waals surface area contributed by atoms with Gasteiger partial charge in [-0.05, 0) is 62.6 Å². The number of nitrogens with one attached hydrogen (secondary N) is 1. The van der Waals surface area contributed by atoms with Crippen LogP contribution >= 0.6 is 0 Å². The van der Waals surface area contributed by atoms with Crippen molar-refractivity contribution in [3.63, 3.8) is 0 Å². The van der Waals surface area contributed by atoms with Crippen molar-refractivity contribution in [2.75, 3.05) is 27.3 Å². The fraction of sp³-hybridized carbons (Fsp3) is 0.393. The molecule has 0 saturated carbocycles. The van der Waals surface area contributed by atoms with E-state index in [-0.39, 0.29) is 24.7 Å². The van der Waals surface area contributed by atoms with Crippen molar-refractivity contribution < 1.29 is 24.2 Å². The number of aliphatic hydroxyl groups is 1. The van der Waals surface area contributed by atoms with Crippen LogP contribution < -0.4 is 5.32 Å². The number of aliphatic hydroxyl groups excluding tert-OH is 1. The molecule has 0 aliphatic carbocycles. The zero-order valence-corrected chi connectivity index (χ0v) is 20.9. The molecule has 0 saturated heterocycles. The van der Waals surface area contributed by atoms with Gasteiger partial charge in [0.05, 0.1) is 6.04 Å². The predicted octanol–water partition coefficient (Wildman–Crippen LogP) is 3.55. The molecular weight excluding hydrogens is 444 g/mol. The van der Waals surface area contributed by atoms with Crippen LogP contribution in [0.15, 0.2) is 54.3 Å². The highest BCUT2D eigenvalue weighted by Crippen LogP contribution is 2.17. The molecule has 0 fully saturated rings. The van der Waals surface area contributed by atoms with Crippen molar-refractivity contribution in [2.24, 2.45) is 0 Å². The summed E-state index contributed by atoms with van der Waals surface area (Å²) in [6.45, 7) is 6.76. The van der Waals surface area contributed by atoms with Gasteiger partial charge in [-0.2, -0.15) is 0 Å². The summed E-state index contributed by atoms with van der Waals surface area (Å²) in [5.74, 6) is 5.75. The summed E-state index contributed by atoms with van der Waals surface area (Å²) in [5, 5.41) is 12.0. The topological polar surface area (TPSA) is 95.9 Å². The van der Waals surface area contributed by atoms with Crippen LogP contribution in [0.2, 0.25) is 0 Å². The second-order valence-corrected chi connectivity index (χ2v) is 7.97. The lowest BCUT2D eigenvalue weighted by molar-refractivity contribution is -0.126. The minimum absolute atomic E-state index is 0.157. The molecule has 1 atom stereocenters. The van der Waals surface area contributed by atoms with Gasteiger partial charge in [-0.3, -0.25) is 14.5 Å². The van der Waals surface area contributed by atoms with Crippen molar-refractivity contribution in [3.8, 4) is 11.8 Å². The van der Waals surface area contributed by atoms with Crippen LogP contribution in [0.3, 0.4) is 0 Å². The van der Waals surface area contributed by atoms with Gasteiger partial charge in [0.25, 0.3) is 0 Å². The van der Waals surface area contributed by atoms with E-state index in [0.717, 1.165) is 36.5 Å². The summed E-state index contributed by atoms with van der Waals surface area (Å²) in [7, 11) is 3.38. The number of aldehydes is 2. The summed E-state index contributed by atoms with van der Waals surface area (Å²) < 4.78 is 5.56. The van der Waals surface area contributed by atoms with Crippen LogP contribution in [-0.2, 0) is 27.3 Å². The minimum Gasteiger partial charge on any atom is -0.508 e. The van der Waals surface area contributed by atoms with Crippen molar-refractivity contribution in [1.29, 1.82) is 0 Å². The summed E-state index contributed by atoms with van der Waals surface area (Å²) in [6.07, 6.45) is 8.63. The van der Waals surface area contributed by atoms with Gasteiger partial charge in [-0.1, -0.05) is 36.6 Å². The highest BCUT2D eigenvalue weighted by atomic mass is 16.5. The van der Waals surface area contributed by atoms with E-state index >= 15 is 0 Å². The van der Waals surface area contributed by atoms with E-state index in [4.69, 9.17) is 4.74 Å². The SMILES string of the molecule is C=C(C#CCOCCCc1ccc(C=O)c(CN(C)C(CCC=O)C(=O)NC)c1)/C=C\C(O)=C/C. The van der Waals surface area contributed by atoms with Gasteiger partial charge in [0.1, 0.15) is 24.9 Å². The number of hydrogen-bond acceptors (Lipinski definition) is 6. The van der Waals surface area contributed by atoms with Crippen LogP contribution in [0.1, 0.15) is 47.7 Å². The smallest absolute Gasteiger partial charge is 0.237 e. The minimum atomic E-state index is -0.455. The fourth-order valence-corrected chi connectivity index (χ4v) is 3.36. The van der Waals surface area contributed by atoms with Crippen molar-refractivity contribution >= 4 is 18.5 Å². The van der Waals surface area contributed by atoms with Gasteiger partial charge in [0.15, 0.2) is 0 Å². The largest absolute Gasteiger partial charge is 0.508 e. The first-order valence-electron chi connectivity index (χ1n) is 11.6. The molecule has 7 nitrogen and oxygen atoms in total. The predicted molar refractivity (Wildman–Crippen MR) is 138 cm³/mol. The number of aryl methyl sites for hydroxylation is 1. The van der Waals surface area contributed by atoms with Gasteiger partial charge in [0, 0.05) is 37.8 Å². The highest BCUT2D eigenvalue weighted by molar-refractivity contribution is 5.82. The monoisotopic (exact) mass is 480 g/mol. The van der Waals surface area contributed by atoms with Crippen molar-refractivity contribution in [2.45, 2.75) is 45.2 Å². The maximum atomic E-state index is 12.2. The number of benzene rings is 1. The molecule has 35 heavy (non-hydrogen) atoms. The van der Waals surface area contributed by atoms with Gasteiger partial charge in [-0.25, -0.2) is 0 Å². The first kappa shape index (κ1) is 29.6. The zero-order valence-electron chi connectivity index (χ0n) is 20.9. The Kier molecular flexibility index (Phi) is 14.4. The van der Waals surface area contributed by atoms with Crippen LogP contribution in [-0.4, -0.2) is 61.8 Å². The first-order chi connectivity index (χ1) is 16.9. The molecule has 1 aromatic rings.